The third kappa shape index (κ3) is 9.56. The molecule has 0 heterocycles. The van der Waals surface area contributed by atoms with Crippen LogP contribution in [0.15, 0.2) is 0 Å². The van der Waals surface area contributed by atoms with Crippen molar-refractivity contribution in [2.75, 3.05) is 6.61 Å². The van der Waals surface area contributed by atoms with E-state index in [4.69, 9.17) is 4.74 Å². The molecule has 0 N–H and O–H groups in total. The second-order valence-corrected chi connectivity index (χ2v) is 3.55. The Hall–Kier alpha value is -0.530. The Kier molecular flexibility index (Phi) is 10.2. The van der Waals surface area contributed by atoms with Crippen LogP contribution in [-0.2, 0) is 9.53 Å². The van der Waals surface area contributed by atoms with Gasteiger partial charge in [0.1, 0.15) is 0 Å². The Morgan fingerprint density at radius 1 is 1.07 bits per heavy atom. The summed E-state index contributed by atoms with van der Waals surface area (Å²) in [6.07, 6.45) is 8.80. The number of hydrogen-bond acceptors (Lipinski definition) is 2. The number of ether oxygens (including phenoxy) is 1. The van der Waals surface area contributed by atoms with E-state index in [1.165, 1.54) is 32.1 Å². The van der Waals surface area contributed by atoms with Crippen molar-refractivity contribution in [3.05, 3.63) is 6.92 Å². The predicted molar refractivity (Wildman–Crippen MR) is 58.9 cm³/mol. The van der Waals surface area contributed by atoms with Gasteiger partial charge in [-0.15, -0.1) is 0 Å². The van der Waals surface area contributed by atoms with E-state index in [1.54, 1.807) is 0 Å². The van der Waals surface area contributed by atoms with E-state index in [9.17, 15) is 4.79 Å². The lowest BCUT2D eigenvalue weighted by atomic mass is 10.1. The lowest BCUT2D eigenvalue weighted by molar-refractivity contribution is -0.143. The van der Waals surface area contributed by atoms with E-state index in [1.807, 2.05) is 6.92 Å². The summed E-state index contributed by atoms with van der Waals surface area (Å²) in [4.78, 5) is 10.8. The molecule has 2 heteroatoms. The molecule has 0 aliphatic rings. The summed E-state index contributed by atoms with van der Waals surface area (Å²) in [5, 5.41) is 0. The van der Waals surface area contributed by atoms with Gasteiger partial charge in [-0.3, -0.25) is 4.79 Å². The van der Waals surface area contributed by atoms with Crippen LogP contribution in [0.5, 0.6) is 0 Å². The average molecular weight is 199 g/mol. The van der Waals surface area contributed by atoms with E-state index < -0.39 is 0 Å². The monoisotopic (exact) mass is 199 g/mol. The molecule has 0 bridgehead atoms. The van der Waals surface area contributed by atoms with E-state index >= 15 is 0 Å². The minimum Gasteiger partial charge on any atom is -0.466 e. The Bertz CT molecular complexity index is 132. The molecule has 0 aromatic carbocycles. The molecule has 0 aliphatic carbocycles. The fourth-order valence-corrected chi connectivity index (χ4v) is 1.27. The van der Waals surface area contributed by atoms with Gasteiger partial charge in [-0.05, 0) is 6.42 Å². The molecular formula is C12H23O2. The molecule has 0 saturated carbocycles. The second-order valence-electron chi connectivity index (χ2n) is 3.55. The Labute approximate surface area is 88.0 Å². The molecule has 2 nitrogen and oxygen atoms in total. The van der Waals surface area contributed by atoms with Crippen LogP contribution in [-0.4, -0.2) is 12.6 Å². The zero-order chi connectivity index (χ0) is 10.6. The molecule has 0 spiro atoms. The molecule has 0 saturated heterocycles. The van der Waals surface area contributed by atoms with Crippen molar-refractivity contribution in [3.8, 4) is 0 Å². The fraction of sp³-hybridized carbons (Fsp3) is 0.833. The number of carbonyl (C=O) groups is 1. The van der Waals surface area contributed by atoms with Crippen LogP contribution < -0.4 is 0 Å². The maximum absolute atomic E-state index is 10.8. The van der Waals surface area contributed by atoms with Gasteiger partial charge in [0, 0.05) is 6.42 Å². The molecule has 1 radical (unpaired) electrons. The van der Waals surface area contributed by atoms with Gasteiger partial charge >= 0.3 is 5.97 Å². The summed E-state index contributed by atoms with van der Waals surface area (Å²) in [6.45, 7) is 6.22. The lowest BCUT2D eigenvalue weighted by Crippen LogP contribution is -2.03. The summed E-state index contributed by atoms with van der Waals surface area (Å²) in [6, 6.07) is 0. The summed E-state index contributed by atoms with van der Waals surface area (Å²) in [5.74, 6) is -0.0814. The first kappa shape index (κ1) is 13.5. The smallest absolute Gasteiger partial charge is 0.305 e. The topological polar surface area (TPSA) is 26.3 Å². The van der Waals surface area contributed by atoms with Gasteiger partial charge in [-0.25, -0.2) is 0 Å². The van der Waals surface area contributed by atoms with Crippen LogP contribution in [0, 0.1) is 6.92 Å². The van der Waals surface area contributed by atoms with Crippen molar-refractivity contribution in [3.63, 3.8) is 0 Å². The Morgan fingerprint density at radius 2 is 1.64 bits per heavy atom. The van der Waals surface area contributed by atoms with Crippen LogP contribution in [0.25, 0.3) is 0 Å². The van der Waals surface area contributed by atoms with E-state index in [0.29, 0.717) is 13.0 Å². The van der Waals surface area contributed by atoms with Gasteiger partial charge in [-0.2, -0.15) is 0 Å². The highest BCUT2D eigenvalue weighted by molar-refractivity contribution is 5.68. The zero-order valence-electron chi connectivity index (χ0n) is 9.39. The molecule has 0 aliphatic heterocycles. The second kappa shape index (κ2) is 10.6. The highest BCUT2D eigenvalue weighted by Crippen LogP contribution is 2.06. The van der Waals surface area contributed by atoms with Gasteiger partial charge in [0.25, 0.3) is 0 Å². The normalized spacial score (nSPS) is 10.1. The zero-order valence-corrected chi connectivity index (χ0v) is 9.39. The maximum atomic E-state index is 10.8. The van der Waals surface area contributed by atoms with Gasteiger partial charge in [0.15, 0.2) is 0 Å². The van der Waals surface area contributed by atoms with Crippen LogP contribution >= 0.6 is 0 Å². The maximum Gasteiger partial charge on any atom is 0.305 e. The molecule has 0 rings (SSSR count). The van der Waals surface area contributed by atoms with E-state index in [2.05, 4.69) is 6.92 Å². The molecule has 83 valence electrons. The SMILES string of the molecule is [CH2]CCCCCCCCOC(=O)CC. The minimum absolute atomic E-state index is 0.0814. The third-order valence-electron chi connectivity index (χ3n) is 2.20. The number of esters is 1. The standard InChI is InChI=1S/C12H23O2/c1-3-5-6-7-8-9-10-11-14-12(13)4-2/h1,3-11H2,2H3. The molecule has 0 fully saturated rings. The summed E-state index contributed by atoms with van der Waals surface area (Å²) >= 11 is 0. The molecule has 0 amide bonds. The lowest BCUT2D eigenvalue weighted by Gasteiger charge is -2.02. The molecule has 14 heavy (non-hydrogen) atoms. The fourth-order valence-electron chi connectivity index (χ4n) is 1.27. The van der Waals surface area contributed by atoms with Crippen molar-refractivity contribution in [2.24, 2.45) is 0 Å². The highest BCUT2D eigenvalue weighted by Gasteiger charge is 1.96. The van der Waals surface area contributed by atoms with Gasteiger partial charge in [-0.1, -0.05) is 52.4 Å². The number of unbranched alkanes of at least 4 members (excludes halogenated alkanes) is 6. The van der Waals surface area contributed by atoms with Crippen LogP contribution in [0.1, 0.15) is 58.3 Å². The largest absolute Gasteiger partial charge is 0.466 e. The number of hydrogen-bond donors (Lipinski definition) is 0. The van der Waals surface area contributed by atoms with Gasteiger partial charge in [0.2, 0.25) is 0 Å². The first-order valence-electron chi connectivity index (χ1n) is 5.76. The van der Waals surface area contributed by atoms with Crippen molar-refractivity contribution in [2.45, 2.75) is 58.3 Å². The van der Waals surface area contributed by atoms with Crippen LogP contribution in [0.4, 0.5) is 0 Å². The average Bonchev–Trinajstić information content (AvgIpc) is 2.21. The third-order valence-corrected chi connectivity index (χ3v) is 2.20. The molecule has 0 atom stereocenters. The predicted octanol–water partition coefficient (Wildman–Crippen LogP) is 3.50. The van der Waals surface area contributed by atoms with Gasteiger partial charge in [0.05, 0.1) is 6.61 Å². The van der Waals surface area contributed by atoms with Gasteiger partial charge < -0.3 is 4.74 Å². The highest BCUT2D eigenvalue weighted by atomic mass is 16.5. The quantitative estimate of drug-likeness (QED) is 0.419. The molecule has 0 aromatic heterocycles. The van der Waals surface area contributed by atoms with E-state index in [0.717, 1.165) is 12.8 Å². The van der Waals surface area contributed by atoms with Crippen molar-refractivity contribution >= 4 is 5.97 Å². The van der Waals surface area contributed by atoms with E-state index in [-0.39, 0.29) is 5.97 Å². The molecular weight excluding hydrogens is 176 g/mol. The summed E-state index contributed by atoms with van der Waals surface area (Å²) < 4.78 is 4.97. The Balaban J connectivity index is 2.95. The van der Waals surface area contributed by atoms with Crippen LogP contribution in [0.2, 0.25) is 0 Å². The Morgan fingerprint density at radius 3 is 2.21 bits per heavy atom. The van der Waals surface area contributed by atoms with Crippen molar-refractivity contribution < 1.29 is 9.53 Å². The number of rotatable bonds is 9. The van der Waals surface area contributed by atoms with Crippen LogP contribution in [0.3, 0.4) is 0 Å². The first-order chi connectivity index (χ1) is 6.81. The molecule has 0 unspecified atom stereocenters. The van der Waals surface area contributed by atoms with Crippen molar-refractivity contribution in [1.29, 1.82) is 0 Å². The summed E-state index contributed by atoms with van der Waals surface area (Å²) in [5.41, 5.74) is 0. The van der Waals surface area contributed by atoms with Crippen molar-refractivity contribution in [1.82, 2.24) is 0 Å². The summed E-state index contributed by atoms with van der Waals surface area (Å²) in [7, 11) is 0. The first-order valence-corrected chi connectivity index (χ1v) is 5.76. The minimum atomic E-state index is -0.0814. The number of carbonyl (C=O) groups excluding carboxylic acids is 1. The molecule has 0 aromatic rings.